The molecule has 0 aliphatic rings. The number of nitrogens with one attached hydrogen (secondary N) is 1. The van der Waals surface area contributed by atoms with E-state index in [1.807, 2.05) is 0 Å². The minimum Gasteiger partial charge on any atom is -0.465 e. The molecule has 0 aliphatic carbocycles. The summed E-state index contributed by atoms with van der Waals surface area (Å²) in [6.45, 7) is 5.05. The quantitative estimate of drug-likeness (QED) is 0.809. The van der Waals surface area contributed by atoms with E-state index >= 15 is 0 Å². The molecule has 2 rings (SSSR count). The molecule has 0 radical (unpaired) electrons. The second-order valence-corrected chi connectivity index (χ2v) is 6.15. The molecule has 0 saturated heterocycles. The molecular weight excluding hydrogens is 353 g/mol. The van der Waals surface area contributed by atoms with Crippen LogP contribution in [-0.2, 0) is 16.1 Å². The SMILES string of the molecule is Cc1oc(C)c(C(=O)OCC(=O)NCc2ccc(Cl)cc2Cl)c1C. The van der Waals surface area contributed by atoms with Crippen molar-refractivity contribution >= 4 is 35.1 Å². The van der Waals surface area contributed by atoms with E-state index in [-0.39, 0.29) is 13.2 Å². The van der Waals surface area contributed by atoms with Gasteiger partial charge >= 0.3 is 5.97 Å². The van der Waals surface area contributed by atoms with Crippen LogP contribution in [0.25, 0.3) is 0 Å². The molecule has 24 heavy (non-hydrogen) atoms. The predicted octanol–water partition coefficient (Wildman–Crippen LogP) is 3.98. The third-order valence-corrected chi connectivity index (χ3v) is 4.18. The molecule has 128 valence electrons. The first-order valence-electron chi connectivity index (χ1n) is 7.24. The zero-order valence-electron chi connectivity index (χ0n) is 13.5. The van der Waals surface area contributed by atoms with Gasteiger partial charge in [0, 0.05) is 22.2 Å². The van der Waals surface area contributed by atoms with E-state index in [0.29, 0.717) is 32.7 Å². The van der Waals surface area contributed by atoms with Crippen molar-refractivity contribution in [3.63, 3.8) is 0 Å². The molecule has 1 aromatic carbocycles. The van der Waals surface area contributed by atoms with Gasteiger partial charge in [-0.2, -0.15) is 0 Å². The molecule has 0 spiro atoms. The van der Waals surface area contributed by atoms with Gasteiger partial charge in [-0.1, -0.05) is 29.3 Å². The van der Waals surface area contributed by atoms with Gasteiger partial charge in [-0.15, -0.1) is 0 Å². The summed E-state index contributed by atoms with van der Waals surface area (Å²) in [7, 11) is 0. The number of amides is 1. The standard InChI is InChI=1S/C17H17Cl2NO4/c1-9-10(2)24-11(3)16(9)17(22)23-8-15(21)20-7-12-4-5-13(18)6-14(12)19/h4-6H,7-8H2,1-3H3,(H,20,21). The number of furan rings is 1. The first kappa shape index (κ1) is 18.4. The molecule has 0 unspecified atom stereocenters. The second kappa shape index (κ2) is 7.73. The molecule has 5 nitrogen and oxygen atoms in total. The van der Waals surface area contributed by atoms with Gasteiger partial charge in [-0.3, -0.25) is 4.79 Å². The van der Waals surface area contributed by atoms with E-state index in [2.05, 4.69) is 5.32 Å². The van der Waals surface area contributed by atoms with Crippen molar-refractivity contribution in [1.82, 2.24) is 5.32 Å². The van der Waals surface area contributed by atoms with Gasteiger partial charge in [0.1, 0.15) is 17.1 Å². The molecule has 0 aliphatic heterocycles. The van der Waals surface area contributed by atoms with E-state index in [1.165, 1.54) is 0 Å². The predicted molar refractivity (Wildman–Crippen MR) is 91.5 cm³/mol. The largest absolute Gasteiger partial charge is 0.465 e. The van der Waals surface area contributed by atoms with Gasteiger partial charge in [-0.25, -0.2) is 4.79 Å². The number of carbonyl (C=O) groups is 2. The van der Waals surface area contributed by atoms with Crippen molar-refractivity contribution in [3.05, 3.63) is 56.5 Å². The molecule has 2 aromatic rings. The van der Waals surface area contributed by atoms with Crippen LogP contribution in [0.2, 0.25) is 10.0 Å². The lowest BCUT2D eigenvalue weighted by molar-refractivity contribution is -0.124. The van der Waals surface area contributed by atoms with Crippen LogP contribution < -0.4 is 5.32 Å². The van der Waals surface area contributed by atoms with Crippen molar-refractivity contribution in [3.8, 4) is 0 Å². The Bertz CT molecular complexity index is 783. The highest BCUT2D eigenvalue weighted by atomic mass is 35.5. The Morgan fingerprint density at radius 3 is 2.46 bits per heavy atom. The maximum Gasteiger partial charge on any atom is 0.342 e. The van der Waals surface area contributed by atoms with Crippen LogP contribution in [0.1, 0.15) is 33.0 Å². The summed E-state index contributed by atoms with van der Waals surface area (Å²) in [6.07, 6.45) is 0. The molecule has 0 bridgehead atoms. The molecule has 1 amide bonds. The number of benzene rings is 1. The number of aryl methyl sites for hydroxylation is 2. The summed E-state index contributed by atoms with van der Waals surface area (Å²) < 4.78 is 10.4. The summed E-state index contributed by atoms with van der Waals surface area (Å²) in [6, 6.07) is 5.00. The number of hydrogen-bond donors (Lipinski definition) is 1. The average Bonchev–Trinajstić information content (AvgIpc) is 2.77. The number of halogens is 2. The topological polar surface area (TPSA) is 68.5 Å². The molecule has 1 aromatic heterocycles. The first-order valence-corrected chi connectivity index (χ1v) is 7.99. The Hall–Kier alpha value is -1.98. The second-order valence-electron chi connectivity index (χ2n) is 5.30. The zero-order chi connectivity index (χ0) is 17.9. The van der Waals surface area contributed by atoms with Gasteiger partial charge < -0.3 is 14.5 Å². The van der Waals surface area contributed by atoms with Crippen LogP contribution in [0.15, 0.2) is 22.6 Å². The van der Waals surface area contributed by atoms with Crippen molar-refractivity contribution < 1.29 is 18.7 Å². The van der Waals surface area contributed by atoms with Crippen LogP contribution >= 0.6 is 23.2 Å². The number of rotatable bonds is 5. The highest BCUT2D eigenvalue weighted by molar-refractivity contribution is 6.35. The molecule has 1 heterocycles. The Balaban J connectivity index is 1.88. The third kappa shape index (κ3) is 4.30. The zero-order valence-corrected chi connectivity index (χ0v) is 15.0. The van der Waals surface area contributed by atoms with Crippen LogP contribution in [-0.4, -0.2) is 18.5 Å². The van der Waals surface area contributed by atoms with Crippen molar-refractivity contribution in [2.24, 2.45) is 0 Å². The number of hydrogen-bond acceptors (Lipinski definition) is 4. The minimum atomic E-state index is -0.582. The summed E-state index contributed by atoms with van der Waals surface area (Å²) in [4.78, 5) is 23.9. The van der Waals surface area contributed by atoms with E-state index < -0.39 is 11.9 Å². The fraction of sp³-hybridized carbons (Fsp3) is 0.294. The number of esters is 1. The molecule has 0 atom stereocenters. The summed E-state index contributed by atoms with van der Waals surface area (Å²) in [5.41, 5.74) is 1.80. The summed E-state index contributed by atoms with van der Waals surface area (Å²) >= 11 is 11.8. The summed E-state index contributed by atoms with van der Waals surface area (Å²) in [5, 5.41) is 3.61. The normalized spacial score (nSPS) is 10.5. The lowest BCUT2D eigenvalue weighted by Crippen LogP contribution is -2.28. The van der Waals surface area contributed by atoms with Gasteiger partial charge in [0.2, 0.25) is 0 Å². The molecular formula is C17H17Cl2NO4. The van der Waals surface area contributed by atoms with E-state index in [1.54, 1.807) is 39.0 Å². The lowest BCUT2D eigenvalue weighted by Gasteiger charge is -2.08. The fourth-order valence-electron chi connectivity index (χ4n) is 2.21. The van der Waals surface area contributed by atoms with Crippen LogP contribution in [0.3, 0.4) is 0 Å². The maximum atomic E-state index is 12.1. The van der Waals surface area contributed by atoms with E-state index in [9.17, 15) is 9.59 Å². The smallest absolute Gasteiger partial charge is 0.342 e. The van der Waals surface area contributed by atoms with Crippen LogP contribution in [0.5, 0.6) is 0 Å². The first-order chi connectivity index (χ1) is 11.3. The Kier molecular flexibility index (Phi) is 5.91. The maximum absolute atomic E-state index is 12.1. The summed E-state index contributed by atoms with van der Waals surface area (Å²) in [5.74, 6) is 0.121. The highest BCUT2D eigenvalue weighted by Gasteiger charge is 2.20. The number of carbonyl (C=O) groups excluding carboxylic acids is 2. The molecule has 0 fully saturated rings. The van der Waals surface area contributed by atoms with Crippen LogP contribution in [0.4, 0.5) is 0 Å². The van der Waals surface area contributed by atoms with Gasteiger partial charge in [0.25, 0.3) is 5.91 Å². The van der Waals surface area contributed by atoms with Gasteiger partial charge in [0.05, 0.1) is 0 Å². The number of ether oxygens (including phenoxy) is 1. The fourth-order valence-corrected chi connectivity index (χ4v) is 2.68. The Morgan fingerprint density at radius 1 is 1.17 bits per heavy atom. The van der Waals surface area contributed by atoms with Crippen molar-refractivity contribution in [2.75, 3.05) is 6.61 Å². The monoisotopic (exact) mass is 369 g/mol. The molecule has 0 saturated carbocycles. The van der Waals surface area contributed by atoms with Crippen LogP contribution in [0, 0.1) is 20.8 Å². The van der Waals surface area contributed by atoms with Gasteiger partial charge in [0.15, 0.2) is 6.61 Å². The van der Waals surface area contributed by atoms with E-state index in [0.717, 1.165) is 5.56 Å². The van der Waals surface area contributed by atoms with E-state index in [4.69, 9.17) is 32.4 Å². The van der Waals surface area contributed by atoms with Gasteiger partial charge in [-0.05, 0) is 38.5 Å². The molecule has 7 heteroatoms. The Labute approximate surface area is 149 Å². The van der Waals surface area contributed by atoms with Crippen molar-refractivity contribution in [1.29, 1.82) is 0 Å². The lowest BCUT2D eigenvalue weighted by atomic mass is 10.1. The average molecular weight is 370 g/mol. The Morgan fingerprint density at radius 2 is 1.88 bits per heavy atom. The van der Waals surface area contributed by atoms with Crippen molar-refractivity contribution in [2.45, 2.75) is 27.3 Å². The highest BCUT2D eigenvalue weighted by Crippen LogP contribution is 2.22. The molecule has 1 N–H and O–H groups in total. The minimum absolute atomic E-state index is 0.218. The third-order valence-electron chi connectivity index (χ3n) is 3.59.